The molecule has 1 N–H and O–H groups in total. The third-order valence-corrected chi connectivity index (χ3v) is 3.64. The summed E-state index contributed by atoms with van der Waals surface area (Å²) in [6.07, 6.45) is -6.41. The normalized spacial score (nSPS) is 18.3. The molecule has 0 saturated carbocycles. The number of ether oxygens (including phenoxy) is 1. The predicted molar refractivity (Wildman–Crippen MR) is 76.2 cm³/mol. The highest BCUT2D eigenvalue weighted by atomic mass is 35.5. The van der Waals surface area contributed by atoms with Crippen LogP contribution in [0.1, 0.15) is 31.9 Å². The summed E-state index contributed by atoms with van der Waals surface area (Å²) >= 11 is 6.09. The van der Waals surface area contributed by atoms with Crippen LogP contribution < -0.4 is 4.74 Å². The maximum atomic E-state index is 13.0. The van der Waals surface area contributed by atoms with Gasteiger partial charge in [0.15, 0.2) is 0 Å². The molecule has 1 aliphatic heterocycles. The molecule has 1 aromatic carbocycles. The first kappa shape index (κ1) is 16.7. The molecule has 0 aliphatic carbocycles. The zero-order valence-electron chi connectivity index (χ0n) is 12.1. The van der Waals surface area contributed by atoms with E-state index < -0.39 is 23.8 Å². The lowest BCUT2D eigenvalue weighted by Gasteiger charge is -2.29. The molecule has 1 aliphatic rings. The molecule has 0 saturated heterocycles. The Morgan fingerprint density at radius 3 is 2.32 bits per heavy atom. The van der Waals surface area contributed by atoms with Gasteiger partial charge in [-0.15, -0.1) is 0 Å². The van der Waals surface area contributed by atoms with Crippen molar-refractivity contribution in [1.29, 1.82) is 0 Å². The Morgan fingerprint density at radius 1 is 1.27 bits per heavy atom. The van der Waals surface area contributed by atoms with Crippen molar-refractivity contribution < 1.29 is 27.8 Å². The standard InChI is InChI=1S/C15H14ClF3O3/c1-14(2,3)7-4-10(16)8-6-9(13(20)21)12(15(17,18)19)22-11(8)5-7/h4-6,12H,1-3H3,(H,20,21)/t12-/m0/s1. The number of alkyl halides is 3. The van der Waals surface area contributed by atoms with E-state index in [2.05, 4.69) is 0 Å². The van der Waals surface area contributed by atoms with E-state index in [9.17, 15) is 18.0 Å². The van der Waals surface area contributed by atoms with Gasteiger partial charge in [-0.1, -0.05) is 32.4 Å². The molecular formula is C15H14ClF3O3. The summed E-state index contributed by atoms with van der Waals surface area (Å²) in [6, 6.07) is 3.07. The molecule has 1 aromatic rings. The van der Waals surface area contributed by atoms with E-state index in [1.807, 2.05) is 20.8 Å². The van der Waals surface area contributed by atoms with Crippen LogP contribution in [-0.4, -0.2) is 23.4 Å². The highest BCUT2D eigenvalue weighted by Crippen LogP contribution is 2.42. The molecule has 0 amide bonds. The number of fused-ring (bicyclic) bond motifs is 1. The number of halogens is 4. The zero-order valence-corrected chi connectivity index (χ0v) is 12.8. The van der Waals surface area contributed by atoms with E-state index in [-0.39, 0.29) is 21.8 Å². The molecule has 0 unspecified atom stereocenters. The summed E-state index contributed by atoms with van der Waals surface area (Å²) in [5, 5.41) is 9.14. The van der Waals surface area contributed by atoms with E-state index in [0.29, 0.717) is 5.56 Å². The fraction of sp³-hybridized carbons (Fsp3) is 0.400. The van der Waals surface area contributed by atoms with Gasteiger partial charge in [0.1, 0.15) is 5.75 Å². The lowest BCUT2D eigenvalue weighted by atomic mass is 9.85. The van der Waals surface area contributed by atoms with Crippen LogP contribution in [0.25, 0.3) is 6.08 Å². The van der Waals surface area contributed by atoms with Crippen LogP contribution in [0.15, 0.2) is 17.7 Å². The largest absolute Gasteiger partial charge is 0.478 e. The molecule has 0 radical (unpaired) electrons. The second-order valence-electron chi connectivity index (χ2n) is 6.06. The van der Waals surface area contributed by atoms with E-state index in [0.717, 1.165) is 6.08 Å². The zero-order chi connectivity index (χ0) is 16.9. The molecule has 0 bridgehead atoms. The van der Waals surface area contributed by atoms with Crippen LogP contribution in [0.3, 0.4) is 0 Å². The van der Waals surface area contributed by atoms with Gasteiger partial charge >= 0.3 is 12.1 Å². The summed E-state index contributed by atoms with van der Waals surface area (Å²) in [5.74, 6) is -1.76. The quantitative estimate of drug-likeness (QED) is 0.826. The van der Waals surface area contributed by atoms with Gasteiger partial charge in [0.05, 0.1) is 10.6 Å². The molecule has 1 atom stereocenters. The molecule has 0 spiro atoms. The van der Waals surface area contributed by atoms with Gasteiger partial charge in [0.25, 0.3) is 0 Å². The van der Waals surface area contributed by atoms with Gasteiger partial charge in [0.2, 0.25) is 6.10 Å². The molecule has 2 rings (SSSR count). The van der Waals surface area contributed by atoms with Crippen molar-refractivity contribution >= 4 is 23.6 Å². The number of hydrogen-bond donors (Lipinski definition) is 1. The minimum atomic E-state index is -4.83. The van der Waals surface area contributed by atoms with Crippen LogP contribution in [0, 0.1) is 0 Å². The molecule has 22 heavy (non-hydrogen) atoms. The topological polar surface area (TPSA) is 46.5 Å². The second-order valence-corrected chi connectivity index (χ2v) is 6.47. The van der Waals surface area contributed by atoms with Crippen molar-refractivity contribution in [3.63, 3.8) is 0 Å². The number of aliphatic carboxylic acids is 1. The van der Waals surface area contributed by atoms with E-state index >= 15 is 0 Å². The van der Waals surface area contributed by atoms with Crippen molar-refractivity contribution in [2.75, 3.05) is 0 Å². The molecule has 0 fully saturated rings. The Labute approximate surface area is 130 Å². The van der Waals surface area contributed by atoms with Gasteiger partial charge in [-0.3, -0.25) is 0 Å². The Kier molecular flexibility index (Phi) is 3.94. The minimum absolute atomic E-state index is 0.0650. The van der Waals surface area contributed by atoms with E-state index in [4.69, 9.17) is 21.4 Å². The second kappa shape index (κ2) is 5.19. The first-order chi connectivity index (χ1) is 9.91. The Bertz CT molecular complexity index is 657. The molecular weight excluding hydrogens is 321 g/mol. The van der Waals surface area contributed by atoms with Crippen LogP contribution >= 0.6 is 11.6 Å². The number of carboxylic acid groups (broad SMARTS) is 1. The monoisotopic (exact) mass is 334 g/mol. The molecule has 3 nitrogen and oxygen atoms in total. The summed E-state index contributed by atoms with van der Waals surface area (Å²) in [5.41, 5.74) is -0.380. The van der Waals surface area contributed by atoms with E-state index in [1.165, 1.54) is 6.07 Å². The van der Waals surface area contributed by atoms with Crippen molar-refractivity contribution in [3.8, 4) is 5.75 Å². The number of rotatable bonds is 1. The molecule has 1 heterocycles. The highest BCUT2D eigenvalue weighted by molar-refractivity contribution is 6.32. The number of benzene rings is 1. The van der Waals surface area contributed by atoms with Gasteiger partial charge < -0.3 is 9.84 Å². The maximum absolute atomic E-state index is 13.0. The summed E-state index contributed by atoms with van der Waals surface area (Å²) < 4.78 is 44.0. The number of carbonyl (C=O) groups is 1. The number of carboxylic acids is 1. The lowest BCUT2D eigenvalue weighted by Crippen LogP contribution is -2.40. The average Bonchev–Trinajstić information content (AvgIpc) is 2.34. The van der Waals surface area contributed by atoms with Crippen LogP contribution in [-0.2, 0) is 10.2 Å². The van der Waals surface area contributed by atoms with Crippen molar-refractivity contribution in [2.24, 2.45) is 0 Å². The molecule has 0 aromatic heterocycles. The number of hydrogen-bond acceptors (Lipinski definition) is 2. The summed E-state index contributed by atoms with van der Waals surface area (Å²) in [7, 11) is 0. The van der Waals surface area contributed by atoms with Crippen LogP contribution in [0.2, 0.25) is 5.02 Å². The van der Waals surface area contributed by atoms with Gasteiger partial charge in [0, 0.05) is 5.56 Å². The summed E-state index contributed by atoms with van der Waals surface area (Å²) in [4.78, 5) is 11.1. The van der Waals surface area contributed by atoms with E-state index in [1.54, 1.807) is 6.07 Å². The molecule has 120 valence electrons. The SMILES string of the molecule is CC(C)(C)c1cc(Cl)c2c(c1)O[C@H](C(F)(F)F)C(C(=O)O)=C2. The van der Waals surface area contributed by atoms with Crippen molar-refractivity contribution in [2.45, 2.75) is 38.5 Å². The Balaban J connectivity index is 2.63. The third kappa shape index (κ3) is 3.06. The average molecular weight is 335 g/mol. The van der Waals surface area contributed by atoms with Crippen molar-refractivity contribution in [1.82, 2.24) is 0 Å². The Hall–Kier alpha value is -1.69. The van der Waals surface area contributed by atoms with Gasteiger partial charge in [-0.25, -0.2) is 4.79 Å². The lowest BCUT2D eigenvalue weighted by molar-refractivity contribution is -0.187. The van der Waals surface area contributed by atoms with Crippen LogP contribution in [0.5, 0.6) is 5.75 Å². The van der Waals surface area contributed by atoms with Crippen molar-refractivity contribution in [3.05, 3.63) is 33.9 Å². The first-order valence-electron chi connectivity index (χ1n) is 6.43. The minimum Gasteiger partial charge on any atom is -0.478 e. The van der Waals surface area contributed by atoms with Gasteiger partial charge in [-0.05, 0) is 29.2 Å². The molecule has 7 heteroatoms. The Morgan fingerprint density at radius 2 is 1.86 bits per heavy atom. The predicted octanol–water partition coefficient (Wildman–Crippen LogP) is 4.43. The maximum Gasteiger partial charge on any atom is 0.430 e. The third-order valence-electron chi connectivity index (χ3n) is 3.33. The van der Waals surface area contributed by atoms with Crippen LogP contribution in [0.4, 0.5) is 13.2 Å². The highest BCUT2D eigenvalue weighted by Gasteiger charge is 2.48. The first-order valence-corrected chi connectivity index (χ1v) is 6.81. The smallest absolute Gasteiger partial charge is 0.430 e. The fourth-order valence-electron chi connectivity index (χ4n) is 2.10. The van der Waals surface area contributed by atoms with Gasteiger partial charge in [-0.2, -0.15) is 13.2 Å². The summed E-state index contributed by atoms with van der Waals surface area (Å²) in [6.45, 7) is 5.65. The fourth-order valence-corrected chi connectivity index (χ4v) is 2.37.